The number of hydrogen-bond donors (Lipinski definition) is 1. The summed E-state index contributed by atoms with van der Waals surface area (Å²) in [6.07, 6.45) is 1.14. The Morgan fingerprint density at radius 2 is 1.73 bits per heavy atom. The molecule has 0 spiro atoms. The second-order valence-electron chi connectivity index (χ2n) is 8.90. The molecule has 0 atom stereocenters. The Labute approximate surface area is 230 Å². The zero-order valence-electron chi connectivity index (χ0n) is 22.4. The number of carbonyl (C=O) groups excluding carboxylic acids is 1. The number of ether oxygens (including phenoxy) is 4. The van der Waals surface area contributed by atoms with Crippen LogP contribution in [0.15, 0.2) is 77.4 Å². The van der Waals surface area contributed by atoms with E-state index in [0.717, 1.165) is 5.56 Å². The first-order chi connectivity index (χ1) is 19.3. The molecule has 0 aliphatic carbocycles. The normalized spacial score (nSPS) is 11.0. The van der Waals surface area contributed by atoms with Gasteiger partial charge in [-0.2, -0.15) is 8.78 Å². The summed E-state index contributed by atoms with van der Waals surface area (Å²) < 4.78 is 52.8. The molecule has 0 saturated heterocycles. The molecule has 0 aliphatic rings. The van der Waals surface area contributed by atoms with Gasteiger partial charge in [0, 0.05) is 5.56 Å². The number of hydrogen-bond acceptors (Lipinski definition) is 7. The van der Waals surface area contributed by atoms with E-state index in [0.29, 0.717) is 41.5 Å². The molecular formula is C30H30F2N2O6. The summed E-state index contributed by atoms with van der Waals surface area (Å²) in [5, 5.41) is 2.82. The lowest BCUT2D eigenvalue weighted by atomic mass is 10.1. The Kier molecular flexibility index (Phi) is 9.56. The van der Waals surface area contributed by atoms with Gasteiger partial charge in [-0.15, -0.1) is 0 Å². The second kappa shape index (κ2) is 13.5. The van der Waals surface area contributed by atoms with Crippen LogP contribution < -0.4 is 24.3 Å². The standard InChI is InChI=1S/C30H30F2N2O6/c1-4-36-25-13-11-23(37-17-20-8-6-5-7-9-20)15-24(25)28(35)33-16-22-18-38-29(34-22)21-10-12-26(40-30(31)32)27(14-21)39-19(2)3/h5-15,18-19,30H,4,16-17H2,1-3H3,(H,33,35). The Hall–Kier alpha value is -4.60. The van der Waals surface area contributed by atoms with Crippen LogP contribution in [0.4, 0.5) is 8.78 Å². The minimum Gasteiger partial charge on any atom is -0.493 e. The van der Waals surface area contributed by atoms with E-state index in [1.54, 1.807) is 32.0 Å². The van der Waals surface area contributed by atoms with Crippen LogP contribution >= 0.6 is 0 Å². The summed E-state index contributed by atoms with van der Waals surface area (Å²) in [6, 6.07) is 19.2. The highest BCUT2D eigenvalue weighted by atomic mass is 19.3. The summed E-state index contributed by atoms with van der Waals surface area (Å²) >= 11 is 0. The van der Waals surface area contributed by atoms with E-state index < -0.39 is 6.61 Å². The molecule has 0 radical (unpaired) electrons. The maximum atomic E-state index is 13.1. The third kappa shape index (κ3) is 7.72. The predicted octanol–water partition coefficient (Wildman–Crippen LogP) is 6.64. The van der Waals surface area contributed by atoms with Crippen LogP contribution in [0.1, 0.15) is 42.4 Å². The van der Waals surface area contributed by atoms with Crippen LogP contribution in [0.3, 0.4) is 0 Å². The van der Waals surface area contributed by atoms with Gasteiger partial charge in [-0.3, -0.25) is 4.79 Å². The molecule has 0 aliphatic heterocycles. The molecule has 10 heteroatoms. The molecule has 3 aromatic carbocycles. The number of benzene rings is 3. The highest BCUT2D eigenvalue weighted by molar-refractivity contribution is 5.97. The van der Waals surface area contributed by atoms with Crippen LogP contribution in [0.5, 0.6) is 23.0 Å². The molecule has 0 bridgehead atoms. The molecule has 1 heterocycles. The largest absolute Gasteiger partial charge is 0.493 e. The first-order valence-corrected chi connectivity index (χ1v) is 12.7. The molecule has 4 rings (SSSR count). The van der Waals surface area contributed by atoms with Crippen molar-refractivity contribution >= 4 is 5.91 Å². The van der Waals surface area contributed by atoms with E-state index in [2.05, 4.69) is 15.0 Å². The van der Waals surface area contributed by atoms with E-state index in [4.69, 9.17) is 18.6 Å². The summed E-state index contributed by atoms with van der Waals surface area (Å²) in [6.45, 7) is 3.21. The molecule has 1 amide bonds. The average Bonchev–Trinajstić information content (AvgIpc) is 3.41. The van der Waals surface area contributed by atoms with E-state index in [-0.39, 0.29) is 35.9 Å². The van der Waals surface area contributed by atoms with Crippen molar-refractivity contribution in [2.24, 2.45) is 0 Å². The fourth-order valence-corrected chi connectivity index (χ4v) is 3.77. The number of nitrogens with zero attached hydrogens (tertiary/aromatic N) is 1. The third-order valence-electron chi connectivity index (χ3n) is 5.50. The van der Waals surface area contributed by atoms with Crippen LogP contribution in [0.25, 0.3) is 11.5 Å². The number of alkyl halides is 2. The molecule has 4 aromatic rings. The Morgan fingerprint density at radius 3 is 2.45 bits per heavy atom. The van der Waals surface area contributed by atoms with Gasteiger partial charge in [-0.05, 0) is 62.7 Å². The first-order valence-electron chi connectivity index (χ1n) is 12.7. The van der Waals surface area contributed by atoms with Crippen molar-refractivity contribution < 1.29 is 36.9 Å². The molecular weight excluding hydrogens is 522 g/mol. The highest BCUT2D eigenvalue weighted by Crippen LogP contribution is 2.34. The van der Waals surface area contributed by atoms with E-state index in [1.165, 1.54) is 24.5 Å². The van der Waals surface area contributed by atoms with Gasteiger partial charge >= 0.3 is 6.61 Å². The monoisotopic (exact) mass is 552 g/mol. The van der Waals surface area contributed by atoms with Crippen molar-refractivity contribution in [1.29, 1.82) is 0 Å². The lowest BCUT2D eigenvalue weighted by Crippen LogP contribution is -2.23. The quantitative estimate of drug-likeness (QED) is 0.199. The number of aromatic nitrogens is 1. The van der Waals surface area contributed by atoms with Crippen molar-refractivity contribution in [2.45, 2.75) is 46.6 Å². The maximum Gasteiger partial charge on any atom is 0.387 e. The predicted molar refractivity (Wildman–Crippen MR) is 144 cm³/mol. The minimum absolute atomic E-state index is 0.0743. The summed E-state index contributed by atoms with van der Waals surface area (Å²) in [4.78, 5) is 17.5. The topological polar surface area (TPSA) is 92.1 Å². The minimum atomic E-state index is -2.99. The number of rotatable bonds is 13. The van der Waals surface area contributed by atoms with Crippen LogP contribution in [0, 0.1) is 0 Å². The van der Waals surface area contributed by atoms with Gasteiger partial charge in [0.2, 0.25) is 5.89 Å². The number of nitrogens with one attached hydrogen (secondary N) is 1. The Balaban J connectivity index is 1.45. The lowest BCUT2D eigenvalue weighted by molar-refractivity contribution is -0.0518. The number of amides is 1. The van der Waals surface area contributed by atoms with Gasteiger partial charge in [-0.25, -0.2) is 4.98 Å². The van der Waals surface area contributed by atoms with Gasteiger partial charge in [0.25, 0.3) is 5.91 Å². The first kappa shape index (κ1) is 28.4. The van der Waals surface area contributed by atoms with E-state index in [1.807, 2.05) is 37.3 Å². The molecule has 1 N–H and O–H groups in total. The molecule has 1 aromatic heterocycles. The fraction of sp³-hybridized carbons (Fsp3) is 0.267. The number of halogens is 2. The number of carbonyl (C=O) groups is 1. The van der Waals surface area contributed by atoms with Gasteiger partial charge in [-0.1, -0.05) is 30.3 Å². The van der Waals surface area contributed by atoms with Gasteiger partial charge < -0.3 is 28.7 Å². The van der Waals surface area contributed by atoms with Crippen molar-refractivity contribution in [2.75, 3.05) is 6.61 Å². The highest BCUT2D eigenvalue weighted by Gasteiger charge is 2.18. The molecule has 8 nitrogen and oxygen atoms in total. The lowest BCUT2D eigenvalue weighted by Gasteiger charge is -2.15. The van der Waals surface area contributed by atoms with E-state index in [9.17, 15) is 13.6 Å². The third-order valence-corrected chi connectivity index (χ3v) is 5.50. The van der Waals surface area contributed by atoms with Crippen molar-refractivity contribution in [3.8, 4) is 34.5 Å². The van der Waals surface area contributed by atoms with Crippen molar-refractivity contribution in [1.82, 2.24) is 10.3 Å². The van der Waals surface area contributed by atoms with Crippen LogP contribution in [-0.4, -0.2) is 30.2 Å². The summed E-state index contributed by atoms with van der Waals surface area (Å²) in [5.74, 6) is 0.855. The zero-order valence-corrected chi connectivity index (χ0v) is 22.4. The van der Waals surface area contributed by atoms with Gasteiger partial charge in [0.1, 0.15) is 24.4 Å². The molecule has 0 fully saturated rings. The fourth-order valence-electron chi connectivity index (χ4n) is 3.77. The summed E-state index contributed by atoms with van der Waals surface area (Å²) in [5.41, 5.74) is 2.28. The maximum absolute atomic E-state index is 13.1. The smallest absolute Gasteiger partial charge is 0.387 e. The molecule has 0 saturated carbocycles. The molecule has 0 unspecified atom stereocenters. The Bertz CT molecular complexity index is 1410. The van der Waals surface area contributed by atoms with Crippen molar-refractivity contribution in [3.05, 3.63) is 89.8 Å². The molecule has 40 heavy (non-hydrogen) atoms. The van der Waals surface area contributed by atoms with Gasteiger partial charge in [0.15, 0.2) is 11.5 Å². The average molecular weight is 553 g/mol. The zero-order chi connectivity index (χ0) is 28.5. The second-order valence-corrected chi connectivity index (χ2v) is 8.90. The van der Waals surface area contributed by atoms with Crippen molar-refractivity contribution in [3.63, 3.8) is 0 Å². The van der Waals surface area contributed by atoms with E-state index >= 15 is 0 Å². The van der Waals surface area contributed by atoms with Crippen LogP contribution in [-0.2, 0) is 13.2 Å². The molecule has 210 valence electrons. The Morgan fingerprint density at radius 1 is 0.950 bits per heavy atom. The van der Waals surface area contributed by atoms with Crippen LogP contribution in [0.2, 0.25) is 0 Å². The number of oxazole rings is 1. The summed E-state index contributed by atoms with van der Waals surface area (Å²) in [7, 11) is 0. The SMILES string of the molecule is CCOc1ccc(OCc2ccccc2)cc1C(=O)NCc1coc(-c2ccc(OC(F)F)c(OC(C)C)c2)n1. The van der Waals surface area contributed by atoms with Gasteiger partial charge in [0.05, 0.1) is 30.5 Å².